The first-order chi connectivity index (χ1) is 10.1. The van der Waals surface area contributed by atoms with Crippen LogP contribution in [0.3, 0.4) is 0 Å². The Hall–Kier alpha value is -1.82. The number of nitrogen functional groups attached to an aromatic ring is 1. The molecule has 0 radical (unpaired) electrons. The number of nitrogens with one attached hydrogen (secondary N) is 1. The highest BCUT2D eigenvalue weighted by molar-refractivity contribution is 5.81. The van der Waals surface area contributed by atoms with E-state index in [1.807, 2.05) is 19.1 Å². The van der Waals surface area contributed by atoms with Gasteiger partial charge in [0.25, 0.3) is 0 Å². The molecule has 0 saturated carbocycles. The van der Waals surface area contributed by atoms with Gasteiger partial charge in [-0.25, -0.2) is 4.98 Å². The molecule has 1 saturated heterocycles. The highest BCUT2D eigenvalue weighted by Gasteiger charge is 2.26. The fraction of sp³-hybridized carbons (Fsp3) is 0.600. The van der Waals surface area contributed by atoms with Crippen molar-refractivity contribution in [1.82, 2.24) is 15.2 Å². The van der Waals surface area contributed by atoms with Crippen molar-refractivity contribution in [2.24, 2.45) is 0 Å². The van der Waals surface area contributed by atoms with Gasteiger partial charge in [-0.15, -0.1) is 0 Å². The molecule has 1 aromatic heterocycles. The number of hydrogen-bond acceptors (Lipinski definition) is 5. The first-order valence-electron chi connectivity index (χ1n) is 7.60. The normalized spacial score (nSPS) is 17.5. The van der Waals surface area contributed by atoms with Gasteiger partial charge in [0.05, 0.1) is 11.7 Å². The van der Waals surface area contributed by atoms with Crippen molar-refractivity contribution in [2.45, 2.75) is 26.3 Å². The molecule has 0 bridgehead atoms. The Morgan fingerprint density at radius 3 is 2.76 bits per heavy atom. The topological polar surface area (TPSA) is 74.5 Å². The zero-order chi connectivity index (χ0) is 15.2. The van der Waals surface area contributed by atoms with Crippen molar-refractivity contribution in [3.05, 3.63) is 18.3 Å². The molecule has 3 N–H and O–H groups in total. The predicted molar refractivity (Wildman–Crippen MR) is 85.2 cm³/mol. The van der Waals surface area contributed by atoms with Crippen molar-refractivity contribution < 1.29 is 4.79 Å². The van der Waals surface area contributed by atoms with Crippen molar-refractivity contribution >= 4 is 17.4 Å². The van der Waals surface area contributed by atoms with Gasteiger partial charge < -0.3 is 16.0 Å². The fourth-order valence-corrected chi connectivity index (χ4v) is 2.56. The minimum absolute atomic E-state index is 0.0835. The molecule has 116 valence electrons. The van der Waals surface area contributed by atoms with Gasteiger partial charge in [0, 0.05) is 38.9 Å². The van der Waals surface area contributed by atoms with E-state index in [0.29, 0.717) is 5.69 Å². The molecule has 1 aliphatic rings. The van der Waals surface area contributed by atoms with Gasteiger partial charge in [-0.05, 0) is 25.5 Å². The first-order valence-corrected chi connectivity index (χ1v) is 7.60. The number of carbonyl (C=O) groups is 1. The molecule has 1 aliphatic heterocycles. The maximum absolute atomic E-state index is 12.0. The van der Waals surface area contributed by atoms with E-state index in [4.69, 9.17) is 5.73 Å². The molecule has 6 nitrogen and oxygen atoms in total. The third kappa shape index (κ3) is 3.85. The van der Waals surface area contributed by atoms with Crippen LogP contribution in [0.2, 0.25) is 0 Å². The van der Waals surface area contributed by atoms with Crippen LogP contribution in [0.1, 0.15) is 20.3 Å². The lowest BCUT2D eigenvalue weighted by molar-refractivity contribution is -0.126. The number of hydrogen-bond donors (Lipinski definition) is 2. The van der Waals surface area contributed by atoms with E-state index in [1.54, 1.807) is 6.20 Å². The molecule has 1 amide bonds. The maximum Gasteiger partial charge on any atom is 0.237 e. The van der Waals surface area contributed by atoms with Crippen LogP contribution >= 0.6 is 0 Å². The van der Waals surface area contributed by atoms with Gasteiger partial charge in [-0.3, -0.25) is 9.69 Å². The van der Waals surface area contributed by atoms with Crippen LogP contribution in [-0.4, -0.2) is 54.6 Å². The molecule has 6 heteroatoms. The SMILES string of the molecule is CCCNC(=O)C(C)N1CCN(c2ncccc2N)CC1. The van der Waals surface area contributed by atoms with Crippen molar-refractivity contribution in [2.75, 3.05) is 43.4 Å². The summed E-state index contributed by atoms with van der Waals surface area (Å²) in [6.45, 7) is 8.14. The Morgan fingerprint density at radius 1 is 1.43 bits per heavy atom. The summed E-state index contributed by atoms with van der Waals surface area (Å²) in [4.78, 5) is 20.8. The van der Waals surface area contributed by atoms with Gasteiger partial charge in [0.1, 0.15) is 0 Å². The molecule has 2 rings (SSSR count). The van der Waals surface area contributed by atoms with Crippen LogP contribution in [0.4, 0.5) is 11.5 Å². The Bertz CT molecular complexity index is 471. The molecule has 2 heterocycles. The number of aromatic nitrogens is 1. The minimum atomic E-state index is -0.0835. The third-order valence-corrected chi connectivity index (χ3v) is 3.91. The van der Waals surface area contributed by atoms with Crippen LogP contribution in [0.25, 0.3) is 0 Å². The Balaban J connectivity index is 1.88. The van der Waals surface area contributed by atoms with E-state index in [0.717, 1.165) is 45.0 Å². The van der Waals surface area contributed by atoms with E-state index in [1.165, 1.54) is 0 Å². The van der Waals surface area contributed by atoms with Gasteiger partial charge >= 0.3 is 0 Å². The second kappa shape index (κ2) is 7.26. The summed E-state index contributed by atoms with van der Waals surface area (Å²) in [6, 6.07) is 3.63. The summed E-state index contributed by atoms with van der Waals surface area (Å²) in [5.41, 5.74) is 6.68. The predicted octanol–water partition coefficient (Wildman–Crippen LogP) is 0.701. The lowest BCUT2D eigenvalue weighted by Crippen LogP contribution is -2.54. The van der Waals surface area contributed by atoms with Crippen LogP contribution in [0.15, 0.2) is 18.3 Å². The van der Waals surface area contributed by atoms with E-state index in [9.17, 15) is 4.79 Å². The molecule has 0 aliphatic carbocycles. The summed E-state index contributed by atoms with van der Waals surface area (Å²) in [5.74, 6) is 0.961. The monoisotopic (exact) mass is 291 g/mol. The van der Waals surface area contributed by atoms with E-state index in [2.05, 4.69) is 27.0 Å². The summed E-state index contributed by atoms with van der Waals surface area (Å²) < 4.78 is 0. The third-order valence-electron chi connectivity index (χ3n) is 3.91. The lowest BCUT2D eigenvalue weighted by Gasteiger charge is -2.38. The van der Waals surface area contributed by atoms with Gasteiger partial charge in [-0.2, -0.15) is 0 Å². The average Bonchev–Trinajstić information content (AvgIpc) is 2.52. The smallest absolute Gasteiger partial charge is 0.237 e. The van der Waals surface area contributed by atoms with Gasteiger partial charge in [0.15, 0.2) is 5.82 Å². The molecule has 1 unspecified atom stereocenters. The van der Waals surface area contributed by atoms with Crippen LogP contribution < -0.4 is 16.0 Å². The number of rotatable bonds is 5. The fourth-order valence-electron chi connectivity index (χ4n) is 2.56. The largest absolute Gasteiger partial charge is 0.396 e. The zero-order valence-electron chi connectivity index (χ0n) is 12.9. The Morgan fingerprint density at radius 2 is 2.14 bits per heavy atom. The minimum Gasteiger partial charge on any atom is -0.396 e. The molecule has 21 heavy (non-hydrogen) atoms. The number of pyridine rings is 1. The number of nitrogens with zero attached hydrogens (tertiary/aromatic N) is 3. The number of nitrogens with two attached hydrogens (primary N) is 1. The molecular formula is C15H25N5O. The number of amides is 1. The van der Waals surface area contributed by atoms with Gasteiger partial charge in [-0.1, -0.05) is 6.92 Å². The molecule has 1 fully saturated rings. The number of carbonyl (C=O) groups excluding carboxylic acids is 1. The van der Waals surface area contributed by atoms with Crippen LogP contribution in [-0.2, 0) is 4.79 Å². The molecule has 0 spiro atoms. The second-order valence-electron chi connectivity index (χ2n) is 5.41. The molecular weight excluding hydrogens is 266 g/mol. The van der Waals surface area contributed by atoms with Crippen molar-refractivity contribution in [3.8, 4) is 0 Å². The number of anilines is 2. The van der Waals surface area contributed by atoms with Crippen LogP contribution in [0, 0.1) is 0 Å². The summed E-state index contributed by atoms with van der Waals surface area (Å²) in [7, 11) is 0. The highest BCUT2D eigenvalue weighted by atomic mass is 16.2. The quantitative estimate of drug-likeness (QED) is 0.835. The van der Waals surface area contributed by atoms with Crippen LogP contribution in [0.5, 0.6) is 0 Å². The summed E-state index contributed by atoms with van der Waals surface area (Å²) >= 11 is 0. The Kier molecular flexibility index (Phi) is 5.38. The lowest BCUT2D eigenvalue weighted by atomic mass is 10.2. The average molecular weight is 291 g/mol. The summed E-state index contributed by atoms with van der Waals surface area (Å²) in [6.07, 6.45) is 2.73. The van der Waals surface area contributed by atoms with E-state index in [-0.39, 0.29) is 11.9 Å². The molecule has 1 atom stereocenters. The standard InChI is InChI=1S/C15H25N5O/c1-3-6-18-15(21)12(2)19-8-10-20(11-9-19)14-13(16)5-4-7-17-14/h4-5,7,12H,3,6,8-11,16H2,1-2H3,(H,18,21). The van der Waals surface area contributed by atoms with Crippen molar-refractivity contribution in [1.29, 1.82) is 0 Å². The number of piperazine rings is 1. The molecule has 0 aromatic carbocycles. The van der Waals surface area contributed by atoms with E-state index < -0.39 is 0 Å². The summed E-state index contributed by atoms with van der Waals surface area (Å²) in [5, 5.41) is 2.95. The highest BCUT2D eigenvalue weighted by Crippen LogP contribution is 2.21. The van der Waals surface area contributed by atoms with Gasteiger partial charge in [0.2, 0.25) is 5.91 Å². The van der Waals surface area contributed by atoms with E-state index >= 15 is 0 Å². The first kappa shape index (κ1) is 15.6. The zero-order valence-corrected chi connectivity index (χ0v) is 12.9. The van der Waals surface area contributed by atoms with Crippen molar-refractivity contribution in [3.63, 3.8) is 0 Å². The molecule has 1 aromatic rings. The Labute approximate surface area is 126 Å². The second-order valence-corrected chi connectivity index (χ2v) is 5.41. The maximum atomic E-state index is 12.0.